The van der Waals surface area contributed by atoms with Crippen molar-refractivity contribution < 1.29 is 13.2 Å². The van der Waals surface area contributed by atoms with Crippen molar-refractivity contribution in [3.63, 3.8) is 0 Å². The average Bonchev–Trinajstić information content (AvgIpc) is 2.39. The van der Waals surface area contributed by atoms with Crippen molar-refractivity contribution in [2.75, 3.05) is 0 Å². The third-order valence-corrected chi connectivity index (χ3v) is 7.04. The number of fused-ring (bicyclic) bond motifs is 2. The molecule has 4 heteroatoms. The van der Waals surface area contributed by atoms with Crippen molar-refractivity contribution in [3.05, 3.63) is 42.0 Å². The summed E-state index contributed by atoms with van der Waals surface area (Å²) in [5, 5.41) is 0. The molecule has 2 atom stereocenters. The molecule has 3 rings (SSSR count). The van der Waals surface area contributed by atoms with Crippen LogP contribution in [0.5, 0.6) is 0 Å². The van der Waals surface area contributed by atoms with E-state index >= 15 is 0 Å². The van der Waals surface area contributed by atoms with Gasteiger partial charge in [-0.3, -0.25) is 4.79 Å². The normalized spacial score (nSPS) is 29.4. The third kappa shape index (κ3) is 1.78. The molecule has 106 valence electrons. The van der Waals surface area contributed by atoms with Gasteiger partial charge >= 0.3 is 0 Å². The molecule has 2 bridgehead atoms. The zero-order valence-corrected chi connectivity index (χ0v) is 12.3. The Labute approximate surface area is 119 Å². The van der Waals surface area contributed by atoms with Gasteiger partial charge in [0.1, 0.15) is 4.75 Å². The molecule has 3 nitrogen and oxygen atoms in total. The topological polar surface area (TPSA) is 51.2 Å². The zero-order valence-electron chi connectivity index (χ0n) is 11.5. The van der Waals surface area contributed by atoms with Gasteiger partial charge in [0.15, 0.2) is 15.6 Å². The van der Waals surface area contributed by atoms with Crippen LogP contribution in [0.1, 0.15) is 31.2 Å². The number of rotatable bonds is 2. The van der Waals surface area contributed by atoms with E-state index in [9.17, 15) is 13.2 Å². The standard InChI is InChI=1S/C16H18O3S/c1-12-6-8-14(9-7-12)20(18,19)16-10-2-4-13(15(16)17)5-3-11-16/h2,4,6-9,13H,3,5,10-11H2,1H3/t13-,16-/m1/s1. The van der Waals surface area contributed by atoms with Crippen LogP contribution in [0.2, 0.25) is 0 Å². The quantitative estimate of drug-likeness (QED) is 0.787. The molecule has 2 aliphatic rings. The first-order chi connectivity index (χ1) is 9.47. The average molecular weight is 290 g/mol. The van der Waals surface area contributed by atoms with Gasteiger partial charge in [0.05, 0.1) is 4.90 Å². The van der Waals surface area contributed by atoms with Crippen molar-refractivity contribution >= 4 is 15.6 Å². The minimum atomic E-state index is -3.62. The maximum atomic E-state index is 13.0. The number of sulfone groups is 1. The lowest BCUT2D eigenvalue weighted by Gasteiger charge is -2.40. The van der Waals surface area contributed by atoms with Gasteiger partial charge in [-0.2, -0.15) is 0 Å². The number of carbonyl (C=O) groups is 1. The fraction of sp³-hybridized carbons (Fsp3) is 0.438. The Morgan fingerprint density at radius 2 is 1.90 bits per heavy atom. The van der Waals surface area contributed by atoms with Gasteiger partial charge in [-0.25, -0.2) is 8.42 Å². The van der Waals surface area contributed by atoms with E-state index in [0.717, 1.165) is 18.4 Å². The van der Waals surface area contributed by atoms with Gasteiger partial charge in [-0.15, -0.1) is 0 Å². The van der Waals surface area contributed by atoms with Crippen LogP contribution in [-0.2, 0) is 14.6 Å². The lowest BCUT2D eigenvalue weighted by Crippen LogP contribution is -2.52. The SMILES string of the molecule is Cc1ccc(S(=O)(=O)[C@]23CC=C[C@H](CCC2)C3=O)cc1. The zero-order chi connectivity index (χ0) is 14.4. The first-order valence-electron chi connectivity index (χ1n) is 7.00. The first-order valence-corrected chi connectivity index (χ1v) is 8.48. The molecule has 0 radical (unpaired) electrons. The molecule has 0 aliphatic heterocycles. The summed E-state index contributed by atoms with van der Waals surface area (Å²) in [6, 6.07) is 6.81. The molecule has 2 aliphatic carbocycles. The number of hydrogen-bond donors (Lipinski definition) is 0. The molecule has 1 aromatic carbocycles. The monoisotopic (exact) mass is 290 g/mol. The van der Waals surface area contributed by atoms with E-state index in [-0.39, 0.29) is 16.6 Å². The minimum absolute atomic E-state index is 0.105. The van der Waals surface area contributed by atoms with E-state index in [1.54, 1.807) is 24.3 Å². The van der Waals surface area contributed by atoms with E-state index < -0.39 is 14.6 Å². The van der Waals surface area contributed by atoms with Crippen LogP contribution < -0.4 is 0 Å². The number of ketones is 1. The number of Topliss-reactive ketones (excluding diaryl/α,β-unsaturated/α-hetero) is 1. The van der Waals surface area contributed by atoms with Gasteiger partial charge in [-0.1, -0.05) is 36.3 Å². The Bertz CT molecular complexity index is 670. The summed E-state index contributed by atoms with van der Waals surface area (Å²) in [7, 11) is -3.62. The highest BCUT2D eigenvalue weighted by atomic mass is 32.2. The number of allylic oxidation sites excluding steroid dienone is 2. The first kappa shape index (κ1) is 13.6. The largest absolute Gasteiger partial charge is 0.297 e. The molecule has 1 saturated carbocycles. The van der Waals surface area contributed by atoms with Gasteiger partial charge in [-0.05, 0) is 38.3 Å². The molecule has 1 fully saturated rings. The summed E-state index contributed by atoms with van der Waals surface area (Å²) in [6.07, 6.45) is 6.09. The van der Waals surface area contributed by atoms with Crippen molar-refractivity contribution in [2.45, 2.75) is 42.2 Å². The van der Waals surface area contributed by atoms with E-state index in [1.807, 2.05) is 19.1 Å². The second kappa shape index (κ2) is 4.55. The maximum Gasteiger partial charge on any atom is 0.191 e. The highest BCUT2D eigenvalue weighted by molar-refractivity contribution is 7.93. The predicted molar refractivity (Wildman–Crippen MR) is 77.2 cm³/mol. The van der Waals surface area contributed by atoms with Crippen LogP contribution >= 0.6 is 0 Å². The lowest BCUT2D eigenvalue weighted by atomic mass is 9.74. The summed E-state index contributed by atoms with van der Waals surface area (Å²) in [5.74, 6) is -0.315. The van der Waals surface area contributed by atoms with E-state index in [4.69, 9.17) is 0 Å². The van der Waals surface area contributed by atoms with Gasteiger partial charge in [0.2, 0.25) is 0 Å². The fourth-order valence-electron chi connectivity index (χ4n) is 3.33. The second-order valence-corrected chi connectivity index (χ2v) is 8.07. The predicted octanol–water partition coefficient (Wildman–Crippen LogP) is 2.84. The smallest absolute Gasteiger partial charge is 0.191 e. The molecule has 0 amide bonds. The minimum Gasteiger partial charge on any atom is -0.297 e. The van der Waals surface area contributed by atoms with Gasteiger partial charge in [0.25, 0.3) is 0 Å². The van der Waals surface area contributed by atoms with Crippen LogP contribution in [0.15, 0.2) is 41.3 Å². The highest BCUT2D eigenvalue weighted by Crippen LogP contribution is 2.44. The van der Waals surface area contributed by atoms with Gasteiger partial charge in [0, 0.05) is 5.92 Å². The summed E-state index contributed by atoms with van der Waals surface area (Å²) in [4.78, 5) is 12.9. The van der Waals surface area contributed by atoms with Gasteiger partial charge < -0.3 is 0 Å². The Morgan fingerprint density at radius 1 is 1.20 bits per heavy atom. The molecule has 0 spiro atoms. The molecule has 0 heterocycles. The number of benzene rings is 1. The molecule has 0 N–H and O–H groups in total. The van der Waals surface area contributed by atoms with Crippen molar-refractivity contribution in [3.8, 4) is 0 Å². The van der Waals surface area contributed by atoms with Crippen LogP contribution in [0.25, 0.3) is 0 Å². The number of aryl methyl sites for hydroxylation is 1. The van der Waals surface area contributed by atoms with Crippen LogP contribution in [0.3, 0.4) is 0 Å². The van der Waals surface area contributed by atoms with Crippen molar-refractivity contribution in [2.24, 2.45) is 5.92 Å². The Hall–Kier alpha value is -1.42. The second-order valence-electron chi connectivity index (χ2n) is 5.81. The number of carbonyl (C=O) groups excluding carboxylic acids is 1. The molecule has 0 saturated heterocycles. The van der Waals surface area contributed by atoms with Crippen LogP contribution in [0.4, 0.5) is 0 Å². The molecule has 20 heavy (non-hydrogen) atoms. The third-order valence-electron chi connectivity index (χ3n) is 4.54. The van der Waals surface area contributed by atoms with Crippen molar-refractivity contribution in [1.29, 1.82) is 0 Å². The summed E-state index contributed by atoms with van der Waals surface area (Å²) < 4.78 is 24.8. The molecular weight excluding hydrogens is 272 g/mol. The fourth-order valence-corrected chi connectivity index (χ4v) is 5.42. The van der Waals surface area contributed by atoms with Crippen LogP contribution in [0, 0.1) is 12.8 Å². The lowest BCUT2D eigenvalue weighted by molar-refractivity contribution is -0.126. The van der Waals surface area contributed by atoms with E-state index in [1.165, 1.54) is 0 Å². The maximum absolute atomic E-state index is 13.0. The summed E-state index contributed by atoms with van der Waals surface area (Å²) in [5.41, 5.74) is 1.01. The molecule has 0 aromatic heterocycles. The highest BCUT2D eigenvalue weighted by Gasteiger charge is 2.54. The van der Waals surface area contributed by atoms with E-state index in [2.05, 4.69) is 0 Å². The number of hydrogen-bond acceptors (Lipinski definition) is 3. The molecule has 1 aromatic rings. The molecular formula is C16H18O3S. The summed E-state index contributed by atoms with van der Waals surface area (Å²) >= 11 is 0. The van der Waals surface area contributed by atoms with Crippen LogP contribution in [-0.4, -0.2) is 18.9 Å². The summed E-state index contributed by atoms with van der Waals surface area (Å²) in [6.45, 7) is 1.92. The van der Waals surface area contributed by atoms with E-state index in [0.29, 0.717) is 12.8 Å². The van der Waals surface area contributed by atoms with Crippen molar-refractivity contribution in [1.82, 2.24) is 0 Å². The Morgan fingerprint density at radius 3 is 2.60 bits per heavy atom. The Kier molecular flexibility index (Phi) is 3.09. The molecule has 0 unspecified atom stereocenters. The Balaban J connectivity index is 2.12.